The fourth-order valence-electron chi connectivity index (χ4n) is 3.19. The Hall–Kier alpha value is -3.42. The van der Waals surface area contributed by atoms with Crippen LogP contribution in [0.15, 0.2) is 54.6 Å². The molecule has 8 heteroatoms. The quantitative estimate of drug-likeness (QED) is 0.448. The first-order valence-electron chi connectivity index (χ1n) is 8.96. The van der Waals surface area contributed by atoms with E-state index in [4.69, 9.17) is 4.74 Å². The van der Waals surface area contributed by atoms with Crippen molar-refractivity contribution < 1.29 is 19.2 Å². The highest BCUT2D eigenvalue weighted by Gasteiger charge is 2.31. The first kappa shape index (κ1) is 19.3. The molecule has 1 heterocycles. The molecule has 1 aliphatic heterocycles. The first-order chi connectivity index (χ1) is 13.5. The molecule has 8 nitrogen and oxygen atoms in total. The number of ether oxygens (including phenoxy) is 1. The van der Waals surface area contributed by atoms with E-state index in [2.05, 4.69) is 4.90 Å². The van der Waals surface area contributed by atoms with Gasteiger partial charge in [0.2, 0.25) is 6.10 Å². The molecule has 28 heavy (non-hydrogen) atoms. The highest BCUT2D eigenvalue weighted by atomic mass is 16.6. The highest BCUT2D eigenvalue weighted by Crippen LogP contribution is 2.24. The van der Waals surface area contributed by atoms with Gasteiger partial charge in [-0.05, 0) is 12.1 Å². The van der Waals surface area contributed by atoms with Crippen LogP contribution in [0, 0.1) is 10.1 Å². The van der Waals surface area contributed by atoms with Crippen LogP contribution in [0.1, 0.15) is 18.6 Å². The van der Waals surface area contributed by atoms with Crippen molar-refractivity contribution in [1.82, 2.24) is 4.90 Å². The zero-order valence-electron chi connectivity index (χ0n) is 15.5. The number of anilines is 1. The molecule has 1 saturated heterocycles. The molecule has 1 aliphatic rings. The summed E-state index contributed by atoms with van der Waals surface area (Å²) in [6, 6.07) is 15.3. The number of hydrogen-bond donors (Lipinski definition) is 0. The Morgan fingerprint density at radius 3 is 2.14 bits per heavy atom. The molecule has 2 aromatic rings. The SMILES string of the molecule is CC(=O)OC(C(=O)N1CCN(c2ccc([N+](=O)[O-])cc2)CC1)c1ccccc1. The second-order valence-electron chi connectivity index (χ2n) is 6.49. The maximum Gasteiger partial charge on any atom is 0.303 e. The van der Waals surface area contributed by atoms with Crippen molar-refractivity contribution in [2.24, 2.45) is 0 Å². The van der Waals surface area contributed by atoms with Crippen molar-refractivity contribution in [3.63, 3.8) is 0 Å². The van der Waals surface area contributed by atoms with Gasteiger partial charge in [0.1, 0.15) is 0 Å². The third-order valence-corrected chi connectivity index (χ3v) is 4.63. The lowest BCUT2D eigenvalue weighted by molar-refractivity contribution is -0.384. The number of nitro groups is 1. The molecule has 146 valence electrons. The van der Waals surface area contributed by atoms with Gasteiger partial charge >= 0.3 is 5.97 Å². The van der Waals surface area contributed by atoms with Gasteiger partial charge in [-0.1, -0.05) is 30.3 Å². The summed E-state index contributed by atoms with van der Waals surface area (Å²) in [5, 5.41) is 10.8. The van der Waals surface area contributed by atoms with Gasteiger partial charge in [0.25, 0.3) is 11.6 Å². The molecule has 0 aromatic heterocycles. The first-order valence-corrected chi connectivity index (χ1v) is 8.96. The Morgan fingerprint density at radius 1 is 1.00 bits per heavy atom. The van der Waals surface area contributed by atoms with Crippen LogP contribution in [-0.2, 0) is 14.3 Å². The lowest BCUT2D eigenvalue weighted by Crippen LogP contribution is -2.50. The molecule has 0 bridgehead atoms. The number of amides is 1. The number of rotatable bonds is 5. The fourth-order valence-corrected chi connectivity index (χ4v) is 3.19. The maximum absolute atomic E-state index is 13.0. The van der Waals surface area contributed by atoms with Crippen LogP contribution in [0.5, 0.6) is 0 Å². The minimum absolute atomic E-state index is 0.0460. The van der Waals surface area contributed by atoms with E-state index in [1.165, 1.54) is 19.1 Å². The van der Waals surface area contributed by atoms with E-state index in [0.29, 0.717) is 31.7 Å². The van der Waals surface area contributed by atoms with Crippen molar-refractivity contribution in [2.45, 2.75) is 13.0 Å². The van der Waals surface area contributed by atoms with E-state index in [1.54, 1.807) is 41.3 Å². The molecule has 0 saturated carbocycles. The molecule has 0 aliphatic carbocycles. The van der Waals surface area contributed by atoms with Gasteiger partial charge in [-0.3, -0.25) is 19.7 Å². The number of nitro benzene ring substituents is 1. The summed E-state index contributed by atoms with van der Waals surface area (Å²) >= 11 is 0. The summed E-state index contributed by atoms with van der Waals surface area (Å²) in [7, 11) is 0. The molecule has 0 N–H and O–H groups in total. The van der Waals surface area contributed by atoms with E-state index in [9.17, 15) is 19.7 Å². The number of hydrogen-bond acceptors (Lipinski definition) is 6. The minimum Gasteiger partial charge on any atom is -0.447 e. The standard InChI is InChI=1S/C20H21N3O5/c1-15(24)28-19(16-5-3-2-4-6-16)20(25)22-13-11-21(12-14-22)17-7-9-18(10-8-17)23(26)27/h2-10,19H,11-14H2,1H3. The topological polar surface area (TPSA) is 93.0 Å². The van der Waals surface area contributed by atoms with Gasteiger partial charge in [0, 0.05) is 56.5 Å². The molecule has 0 spiro atoms. The molecule has 1 atom stereocenters. The Labute approximate surface area is 162 Å². The van der Waals surface area contributed by atoms with Gasteiger partial charge < -0.3 is 14.5 Å². The maximum atomic E-state index is 13.0. The van der Waals surface area contributed by atoms with E-state index in [0.717, 1.165) is 5.69 Å². The third-order valence-electron chi connectivity index (χ3n) is 4.63. The predicted octanol–water partition coefficient (Wildman–Crippen LogP) is 2.55. The number of carbonyl (C=O) groups excluding carboxylic acids is 2. The molecule has 3 rings (SSSR count). The van der Waals surface area contributed by atoms with E-state index in [1.807, 2.05) is 6.07 Å². The molecule has 2 aromatic carbocycles. The molecule has 0 radical (unpaired) electrons. The monoisotopic (exact) mass is 383 g/mol. The van der Waals surface area contributed by atoms with Gasteiger partial charge in [-0.25, -0.2) is 0 Å². The number of carbonyl (C=O) groups is 2. The third kappa shape index (κ3) is 4.46. The zero-order chi connectivity index (χ0) is 20.1. The van der Waals surface area contributed by atoms with E-state index >= 15 is 0 Å². The minimum atomic E-state index is -0.954. The van der Waals surface area contributed by atoms with Crippen molar-refractivity contribution in [3.8, 4) is 0 Å². The molecule has 1 fully saturated rings. The Balaban J connectivity index is 1.66. The number of benzene rings is 2. The van der Waals surface area contributed by atoms with E-state index < -0.39 is 17.0 Å². The summed E-state index contributed by atoms with van der Waals surface area (Å²) in [5.41, 5.74) is 1.56. The number of non-ortho nitro benzene ring substituents is 1. The van der Waals surface area contributed by atoms with Gasteiger partial charge in [-0.15, -0.1) is 0 Å². The second kappa shape index (κ2) is 8.51. The van der Waals surface area contributed by atoms with Crippen molar-refractivity contribution in [2.75, 3.05) is 31.1 Å². The van der Waals surface area contributed by atoms with Gasteiger partial charge in [-0.2, -0.15) is 0 Å². The molecule has 1 amide bonds. The van der Waals surface area contributed by atoms with Crippen LogP contribution in [0.4, 0.5) is 11.4 Å². The summed E-state index contributed by atoms with van der Waals surface area (Å²) in [5.74, 6) is -0.753. The van der Waals surface area contributed by atoms with Crippen molar-refractivity contribution in [1.29, 1.82) is 0 Å². The van der Waals surface area contributed by atoms with Crippen LogP contribution in [0.25, 0.3) is 0 Å². The Kier molecular flexibility index (Phi) is 5.88. The molecular weight excluding hydrogens is 362 g/mol. The van der Waals surface area contributed by atoms with Gasteiger partial charge in [0.05, 0.1) is 4.92 Å². The van der Waals surface area contributed by atoms with Crippen LogP contribution in [-0.4, -0.2) is 47.9 Å². The average Bonchev–Trinajstić information content (AvgIpc) is 2.72. The molecular formula is C20H21N3O5. The number of esters is 1. The number of piperazine rings is 1. The average molecular weight is 383 g/mol. The van der Waals surface area contributed by atoms with Crippen LogP contribution >= 0.6 is 0 Å². The van der Waals surface area contributed by atoms with Crippen LogP contribution in [0.3, 0.4) is 0 Å². The van der Waals surface area contributed by atoms with Crippen LogP contribution in [0.2, 0.25) is 0 Å². The zero-order valence-corrected chi connectivity index (χ0v) is 15.5. The van der Waals surface area contributed by atoms with Gasteiger partial charge in [0.15, 0.2) is 0 Å². The van der Waals surface area contributed by atoms with Crippen molar-refractivity contribution in [3.05, 3.63) is 70.3 Å². The fraction of sp³-hybridized carbons (Fsp3) is 0.300. The largest absolute Gasteiger partial charge is 0.447 e. The normalized spacial score (nSPS) is 15.0. The van der Waals surface area contributed by atoms with Crippen molar-refractivity contribution >= 4 is 23.3 Å². The Morgan fingerprint density at radius 2 is 1.61 bits per heavy atom. The Bertz CT molecular complexity index is 846. The van der Waals surface area contributed by atoms with Crippen LogP contribution < -0.4 is 4.90 Å². The second-order valence-corrected chi connectivity index (χ2v) is 6.49. The summed E-state index contributed by atoms with van der Waals surface area (Å²) < 4.78 is 5.29. The summed E-state index contributed by atoms with van der Waals surface area (Å²) in [6.45, 7) is 3.41. The lowest BCUT2D eigenvalue weighted by atomic mass is 10.1. The smallest absolute Gasteiger partial charge is 0.303 e. The van der Waals surface area contributed by atoms with E-state index in [-0.39, 0.29) is 11.6 Å². The summed E-state index contributed by atoms with van der Waals surface area (Å²) in [4.78, 5) is 38.5. The lowest BCUT2D eigenvalue weighted by Gasteiger charge is -2.37. The highest BCUT2D eigenvalue weighted by molar-refractivity contribution is 5.85. The molecule has 1 unspecified atom stereocenters. The summed E-state index contributed by atoms with van der Waals surface area (Å²) in [6.07, 6.45) is -0.954. The predicted molar refractivity (Wildman–Crippen MR) is 103 cm³/mol. The number of nitrogens with zero attached hydrogens (tertiary/aromatic N) is 3.